The van der Waals surface area contributed by atoms with Gasteiger partial charge in [0.05, 0.1) is 12.7 Å². The molecule has 0 fully saturated rings. The molecular formula is C18H18F3NO3. The van der Waals surface area contributed by atoms with Crippen molar-refractivity contribution in [1.82, 2.24) is 0 Å². The standard InChI is InChI=1S/C18H18F3NO3/c1-3-14(25-16-7-5-4-6-15(16)24-2)17(23)22-13-10-8-12(9-11-13)18(19,20)21/h4-11,14H,3H2,1-2H3,(H,22,23)/t14-/m0/s1. The first-order chi connectivity index (χ1) is 11.8. The highest BCUT2D eigenvalue weighted by Gasteiger charge is 2.30. The highest BCUT2D eigenvalue weighted by atomic mass is 19.4. The summed E-state index contributed by atoms with van der Waals surface area (Å²) in [6, 6.07) is 11.1. The molecule has 25 heavy (non-hydrogen) atoms. The van der Waals surface area contributed by atoms with Gasteiger partial charge in [0, 0.05) is 5.69 Å². The third kappa shape index (κ3) is 4.89. The molecule has 1 amide bonds. The maximum Gasteiger partial charge on any atom is 0.416 e. The average molecular weight is 353 g/mol. The number of carbonyl (C=O) groups excluding carboxylic acids is 1. The van der Waals surface area contributed by atoms with Gasteiger partial charge < -0.3 is 14.8 Å². The Kier molecular flexibility index (Phi) is 5.90. The van der Waals surface area contributed by atoms with E-state index in [2.05, 4.69) is 5.32 Å². The Morgan fingerprint density at radius 3 is 2.20 bits per heavy atom. The van der Waals surface area contributed by atoms with Gasteiger partial charge in [-0.25, -0.2) is 0 Å². The molecular weight excluding hydrogens is 335 g/mol. The van der Waals surface area contributed by atoms with Gasteiger partial charge in [-0.15, -0.1) is 0 Å². The van der Waals surface area contributed by atoms with Crippen molar-refractivity contribution in [3.8, 4) is 11.5 Å². The molecule has 2 aromatic rings. The summed E-state index contributed by atoms with van der Waals surface area (Å²) in [4.78, 5) is 12.3. The Bertz CT molecular complexity index is 714. The number of para-hydroxylation sites is 2. The first-order valence-electron chi connectivity index (χ1n) is 7.63. The van der Waals surface area contributed by atoms with Crippen molar-refractivity contribution in [3.63, 3.8) is 0 Å². The molecule has 0 radical (unpaired) electrons. The number of ether oxygens (including phenoxy) is 2. The van der Waals surface area contributed by atoms with Crippen molar-refractivity contribution in [2.75, 3.05) is 12.4 Å². The molecule has 0 aliphatic rings. The molecule has 0 unspecified atom stereocenters. The summed E-state index contributed by atoms with van der Waals surface area (Å²) < 4.78 is 48.5. The fraction of sp³-hybridized carbons (Fsp3) is 0.278. The number of hydrogen-bond donors (Lipinski definition) is 1. The molecule has 0 aliphatic heterocycles. The first-order valence-corrected chi connectivity index (χ1v) is 7.63. The van der Waals surface area contributed by atoms with E-state index in [-0.39, 0.29) is 5.69 Å². The van der Waals surface area contributed by atoms with E-state index in [0.29, 0.717) is 17.9 Å². The van der Waals surface area contributed by atoms with Crippen LogP contribution < -0.4 is 14.8 Å². The number of benzene rings is 2. The lowest BCUT2D eigenvalue weighted by atomic mass is 10.2. The van der Waals surface area contributed by atoms with Crippen LogP contribution in [0.5, 0.6) is 11.5 Å². The number of rotatable bonds is 6. The zero-order valence-corrected chi connectivity index (χ0v) is 13.8. The molecule has 0 heterocycles. The number of halogens is 3. The van der Waals surface area contributed by atoms with Crippen LogP contribution in [0.3, 0.4) is 0 Å². The van der Waals surface area contributed by atoms with Gasteiger partial charge in [-0.3, -0.25) is 4.79 Å². The molecule has 2 aromatic carbocycles. The number of amides is 1. The topological polar surface area (TPSA) is 47.6 Å². The van der Waals surface area contributed by atoms with Gasteiger partial charge in [0.1, 0.15) is 0 Å². The number of alkyl halides is 3. The van der Waals surface area contributed by atoms with E-state index in [0.717, 1.165) is 12.1 Å². The predicted octanol–water partition coefficient (Wildman–Crippen LogP) is 4.51. The lowest BCUT2D eigenvalue weighted by Crippen LogP contribution is -2.32. The largest absolute Gasteiger partial charge is 0.493 e. The molecule has 1 atom stereocenters. The van der Waals surface area contributed by atoms with Gasteiger partial charge in [0.15, 0.2) is 17.6 Å². The summed E-state index contributed by atoms with van der Waals surface area (Å²) in [5.74, 6) is 0.455. The van der Waals surface area contributed by atoms with Crippen LogP contribution in [0, 0.1) is 0 Å². The van der Waals surface area contributed by atoms with Gasteiger partial charge in [-0.1, -0.05) is 19.1 Å². The minimum absolute atomic E-state index is 0.264. The van der Waals surface area contributed by atoms with Crippen molar-refractivity contribution in [1.29, 1.82) is 0 Å². The number of hydrogen-bond acceptors (Lipinski definition) is 3. The summed E-state index contributed by atoms with van der Waals surface area (Å²) >= 11 is 0. The quantitative estimate of drug-likeness (QED) is 0.831. The molecule has 134 valence electrons. The molecule has 7 heteroatoms. The maximum atomic E-state index is 12.6. The fourth-order valence-electron chi connectivity index (χ4n) is 2.16. The fourth-order valence-corrected chi connectivity index (χ4v) is 2.16. The highest BCUT2D eigenvalue weighted by molar-refractivity contribution is 5.94. The van der Waals surface area contributed by atoms with Crippen LogP contribution in [0.15, 0.2) is 48.5 Å². The molecule has 0 saturated carbocycles. The third-order valence-corrected chi connectivity index (χ3v) is 3.48. The smallest absolute Gasteiger partial charge is 0.416 e. The second-order valence-electron chi connectivity index (χ2n) is 5.23. The second kappa shape index (κ2) is 7.92. The van der Waals surface area contributed by atoms with Crippen molar-refractivity contribution < 1.29 is 27.4 Å². The van der Waals surface area contributed by atoms with Gasteiger partial charge in [0.2, 0.25) is 0 Å². The van der Waals surface area contributed by atoms with E-state index >= 15 is 0 Å². The van der Waals surface area contributed by atoms with Crippen LogP contribution in [0.25, 0.3) is 0 Å². The molecule has 0 saturated heterocycles. The van der Waals surface area contributed by atoms with Crippen LogP contribution in [0.4, 0.5) is 18.9 Å². The lowest BCUT2D eigenvalue weighted by molar-refractivity contribution is -0.137. The van der Waals surface area contributed by atoms with Crippen LogP contribution in [0.1, 0.15) is 18.9 Å². The van der Waals surface area contributed by atoms with Crippen LogP contribution in [0.2, 0.25) is 0 Å². The Morgan fingerprint density at radius 2 is 1.68 bits per heavy atom. The molecule has 0 aromatic heterocycles. The van der Waals surface area contributed by atoms with Gasteiger partial charge in [-0.2, -0.15) is 13.2 Å². The summed E-state index contributed by atoms with van der Waals surface area (Å²) in [7, 11) is 1.49. The Labute approximate surface area is 143 Å². The minimum Gasteiger partial charge on any atom is -0.493 e. The average Bonchev–Trinajstić information content (AvgIpc) is 2.59. The summed E-state index contributed by atoms with van der Waals surface area (Å²) in [6.45, 7) is 1.77. The molecule has 4 nitrogen and oxygen atoms in total. The Hall–Kier alpha value is -2.70. The van der Waals surface area contributed by atoms with E-state index in [9.17, 15) is 18.0 Å². The SMILES string of the molecule is CC[C@H](Oc1ccccc1OC)C(=O)Nc1ccc(C(F)(F)F)cc1. The van der Waals surface area contributed by atoms with E-state index < -0.39 is 23.8 Å². The number of methoxy groups -OCH3 is 1. The van der Waals surface area contributed by atoms with E-state index in [1.807, 2.05) is 0 Å². The lowest BCUT2D eigenvalue weighted by Gasteiger charge is -2.19. The van der Waals surface area contributed by atoms with Crippen molar-refractivity contribution in [3.05, 3.63) is 54.1 Å². The van der Waals surface area contributed by atoms with Crippen molar-refractivity contribution in [2.24, 2.45) is 0 Å². The zero-order valence-electron chi connectivity index (χ0n) is 13.8. The normalized spacial score (nSPS) is 12.4. The zero-order chi connectivity index (χ0) is 18.4. The van der Waals surface area contributed by atoms with E-state index in [1.54, 1.807) is 31.2 Å². The van der Waals surface area contributed by atoms with Crippen molar-refractivity contribution in [2.45, 2.75) is 25.6 Å². The van der Waals surface area contributed by atoms with E-state index in [1.165, 1.54) is 19.2 Å². The highest BCUT2D eigenvalue weighted by Crippen LogP contribution is 2.30. The summed E-state index contributed by atoms with van der Waals surface area (Å²) in [5.41, 5.74) is -0.511. The van der Waals surface area contributed by atoms with Crippen molar-refractivity contribution >= 4 is 11.6 Å². The summed E-state index contributed by atoms with van der Waals surface area (Å²) in [6.07, 6.45) is -4.84. The first kappa shape index (κ1) is 18.6. The molecule has 2 rings (SSSR count). The number of anilines is 1. The third-order valence-electron chi connectivity index (χ3n) is 3.48. The monoisotopic (exact) mass is 353 g/mol. The summed E-state index contributed by atoms with van der Waals surface area (Å²) in [5, 5.41) is 2.56. The Morgan fingerprint density at radius 1 is 1.08 bits per heavy atom. The van der Waals surface area contributed by atoms with Crippen LogP contribution >= 0.6 is 0 Å². The number of nitrogens with one attached hydrogen (secondary N) is 1. The van der Waals surface area contributed by atoms with Crippen LogP contribution in [-0.4, -0.2) is 19.1 Å². The van der Waals surface area contributed by atoms with Gasteiger partial charge >= 0.3 is 6.18 Å². The van der Waals surface area contributed by atoms with Gasteiger partial charge in [0.25, 0.3) is 5.91 Å². The molecule has 0 spiro atoms. The number of carbonyl (C=O) groups is 1. The molecule has 0 bridgehead atoms. The predicted molar refractivity (Wildman–Crippen MR) is 87.8 cm³/mol. The maximum absolute atomic E-state index is 12.6. The molecule has 1 N–H and O–H groups in total. The molecule has 0 aliphatic carbocycles. The van der Waals surface area contributed by atoms with Gasteiger partial charge in [-0.05, 0) is 42.8 Å². The second-order valence-corrected chi connectivity index (χ2v) is 5.23. The minimum atomic E-state index is -4.42. The van der Waals surface area contributed by atoms with Crippen LogP contribution in [-0.2, 0) is 11.0 Å². The Balaban J connectivity index is 2.07. The van der Waals surface area contributed by atoms with E-state index in [4.69, 9.17) is 9.47 Å².